The van der Waals surface area contributed by atoms with Crippen LogP contribution in [0.2, 0.25) is 0 Å². The maximum absolute atomic E-state index is 13.9. The Balaban J connectivity index is 1.97. The zero-order chi connectivity index (χ0) is 20.1. The second-order valence-corrected chi connectivity index (χ2v) is 6.51. The average Bonchev–Trinajstić information content (AvgIpc) is 2.94. The summed E-state index contributed by atoms with van der Waals surface area (Å²) in [6, 6.07) is 14.0. The minimum atomic E-state index is -4.46. The van der Waals surface area contributed by atoms with Crippen LogP contribution in [0.25, 0.3) is 21.8 Å². The van der Waals surface area contributed by atoms with Crippen LogP contribution in [0.5, 0.6) is 0 Å². The van der Waals surface area contributed by atoms with Crippen molar-refractivity contribution >= 4 is 27.7 Å². The number of nitrogens with zero attached hydrogens (tertiary/aromatic N) is 1. The number of benzene rings is 3. The minimum absolute atomic E-state index is 0.0790. The highest BCUT2D eigenvalue weighted by Crippen LogP contribution is 2.34. The molecule has 142 valence electrons. The van der Waals surface area contributed by atoms with Gasteiger partial charge < -0.3 is 10.3 Å². The van der Waals surface area contributed by atoms with Gasteiger partial charge in [-0.15, -0.1) is 0 Å². The number of hydrogen-bond acceptors (Lipinski definition) is 1. The Bertz CT molecular complexity index is 1220. The first-order valence-corrected chi connectivity index (χ1v) is 8.42. The standard InChI is InChI=1S/C21H14F4N2O/c22-14-7-8-15-18(10-14)27(17-6-2-5-16(19(15)17)20(26)28)11-12-3-1-4-13(9-12)21(23,24)25/h1-10H,11H2,(H2,26,28). The number of amides is 1. The zero-order valence-corrected chi connectivity index (χ0v) is 14.4. The highest BCUT2D eigenvalue weighted by molar-refractivity contribution is 6.17. The van der Waals surface area contributed by atoms with Crippen molar-refractivity contribution in [2.45, 2.75) is 12.7 Å². The molecular weight excluding hydrogens is 372 g/mol. The van der Waals surface area contributed by atoms with Crippen LogP contribution in [0.3, 0.4) is 0 Å². The first-order chi connectivity index (χ1) is 13.3. The maximum Gasteiger partial charge on any atom is 0.416 e. The smallest absolute Gasteiger partial charge is 0.366 e. The van der Waals surface area contributed by atoms with Crippen molar-refractivity contribution in [3.05, 3.63) is 83.2 Å². The Morgan fingerprint density at radius 1 is 0.964 bits per heavy atom. The van der Waals surface area contributed by atoms with Crippen LogP contribution in [-0.2, 0) is 12.7 Å². The predicted octanol–water partition coefficient (Wildman–Crippen LogP) is 5.10. The van der Waals surface area contributed by atoms with Gasteiger partial charge >= 0.3 is 6.18 Å². The summed E-state index contributed by atoms with van der Waals surface area (Å²) in [6.45, 7) is 0.0790. The van der Waals surface area contributed by atoms with E-state index in [1.54, 1.807) is 34.9 Å². The Morgan fingerprint density at radius 2 is 1.71 bits per heavy atom. The van der Waals surface area contributed by atoms with Crippen molar-refractivity contribution in [2.75, 3.05) is 0 Å². The molecule has 4 rings (SSSR count). The molecule has 1 heterocycles. The van der Waals surface area contributed by atoms with Gasteiger partial charge in [-0.05, 0) is 48.0 Å². The van der Waals surface area contributed by atoms with E-state index in [-0.39, 0.29) is 12.1 Å². The van der Waals surface area contributed by atoms with Crippen LogP contribution < -0.4 is 5.73 Å². The molecule has 0 saturated carbocycles. The van der Waals surface area contributed by atoms with Crippen molar-refractivity contribution in [1.82, 2.24) is 4.57 Å². The van der Waals surface area contributed by atoms with Crippen LogP contribution in [0, 0.1) is 5.82 Å². The van der Waals surface area contributed by atoms with Crippen molar-refractivity contribution in [3.63, 3.8) is 0 Å². The molecule has 1 amide bonds. The molecular formula is C21H14F4N2O. The fourth-order valence-electron chi connectivity index (χ4n) is 3.52. The fraction of sp³-hybridized carbons (Fsp3) is 0.0952. The second kappa shape index (κ2) is 6.37. The zero-order valence-electron chi connectivity index (χ0n) is 14.4. The average molecular weight is 386 g/mol. The normalized spacial score (nSPS) is 12.0. The molecule has 7 heteroatoms. The molecule has 0 radical (unpaired) electrons. The number of primary amides is 1. The highest BCUT2D eigenvalue weighted by atomic mass is 19.4. The maximum atomic E-state index is 13.9. The molecule has 0 unspecified atom stereocenters. The lowest BCUT2D eigenvalue weighted by Gasteiger charge is -2.11. The van der Waals surface area contributed by atoms with Crippen molar-refractivity contribution in [2.24, 2.45) is 5.73 Å². The largest absolute Gasteiger partial charge is 0.416 e. The molecule has 0 spiro atoms. The number of nitrogens with two attached hydrogens (primary N) is 1. The third-order valence-corrected chi connectivity index (χ3v) is 4.71. The summed E-state index contributed by atoms with van der Waals surface area (Å²) >= 11 is 0. The molecule has 0 atom stereocenters. The SMILES string of the molecule is NC(=O)c1cccc2c1c1ccc(F)cc1n2Cc1cccc(C(F)(F)F)c1. The van der Waals surface area contributed by atoms with E-state index in [0.717, 1.165) is 12.1 Å². The molecule has 4 aromatic rings. The number of fused-ring (bicyclic) bond motifs is 3. The number of alkyl halides is 3. The Hall–Kier alpha value is -3.35. The van der Waals surface area contributed by atoms with Crippen LogP contribution >= 0.6 is 0 Å². The van der Waals surface area contributed by atoms with Crippen molar-refractivity contribution < 1.29 is 22.4 Å². The van der Waals surface area contributed by atoms with Crippen molar-refractivity contribution in [3.8, 4) is 0 Å². The lowest BCUT2D eigenvalue weighted by atomic mass is 10.1. The number of hydrogen-bond donors (Lipinski definition) is 1. The van der Waals surface area contributed by atoms with Gasteiger partial charge in [-0.2, -0.15) is 13.2 Å². The van der Waals surface area contributed by atoms with Crippen LogP contribution in [-0.4, -0.2) is 10.5 Å². The minimum Gasteiger partial charge on any atom is -0.366 e. The molecule has 0 bridgehead atoms. The molecule has 3 aromatic carbocycles. The van der Waals surface area contributed by atoms with Crippen LogP contribution in [0.1, 0.15) is 21.5 Å². The van der Waals surface area contributed by atoms with E-state index in [9.17, 15) is 22.4 Å². The molecule has 2 N–H and O–H groups in total. The Kier molecular flexibility index (Phi) is 4.10. The monoisotopic (exact) mass is 386 g/mol. The quantitative estimate of drug-likeness (QED) is 0.490. The summed E-state index contributed by atoms with van der Waals surface area (Å²) in [5.41, 5.74) is 6.47. The van der Waals surface area contributed by atoms with Gasteiger partial charge in [-0.25, -0.2) is 4.39 Å². The molecule has 3 nitrogen and oxygen atoms in total. The van der Waals surface area contributed by atoms with E-state index in [1.807, 2.05) is 0 Å². The first kappa shape index (κ1) is 18.0. The molecule has 1 aromatic heterocycles. The molecule has 28 heavy (non-hydrogen) atoms. The van der Waals surface area contributed by atoms with E-state index in [0.29, 0.717) is 27.4 Å². The van der Waals surface area contributed by atoms with Gasteiger partial charge in [0.05, 0.1) is 16.6 Å². The molecule has 0 aliphatic rings. The number of aromatic nitrogens is 1. The van der Waals surface area contributed by atoms with Crippen LogP contribution in [0.15, 0.2) is 60.7 Å². The van der Waals surface area contributed by atoms with E-state index >= 15 is 0 Å². The van der Waals surface area contributed by atoms with E-state index in [4.69, 9.17) is 5.73 Å². The van der Waals surface area contributed by atoms with E-state index in [1.165, 1.54) is 18.2 Å². The summed E-state index contributed by atoms with van der Waals surface area (Å²) < 4.78 is 54.7. The molecule has 0 aliphatic carbocycles. The van der Waals surface area contributed by atoms with Crippen molar-refractivity contribution in [1.29, 1.82) is 0 Å². The fourth-order valence-corrected chi connectivity index (χ4v) is 3.52. The van der Waals surface area contributed by atoms with Gasteiger partial charge in [-0.3, -0.25) is 4.79 Å². The topological polar surface area (TPSA) is 48.0 Å². The predicted molar refractivity (Wildman–Crippen MR) is 98.5 cm³/mol. The van der Waals surface area contributed by atoms with Gasteiger partial charge in [0.15, 0.2) is 0 Å². The summed E-state index contributed by atoms with van der Waals surface area (Å²) in [7, 11) is 0. The lowest BCUT2D eigenvalue weighted by molar-refractivity contribution is -0.137. The first-order valence-electron chi connectivity index (χ1n) is 8.42. The Morgan fingerprint density at radius 3 is 2.43 bits per heavy atom. The van der Waals surface area contributed by atoms with Gasteiger partial charge in [0.2, 0.25) is 5.91 Å². The number of rotatable bonds is 3. The number of halogens is 4. The number of carbonyl (C=O) groups excluding carboxylic acids is 1. The van der Waals surface area contributed by atoms with E-state index < -0.39 is 23.5 Å². The third-order valence-electron chi connectivity index (χ3n) is 4.71. The van der Waals surface area contributed by atoms with Gasteiger partial charge in [0.1, 0.15) is 5.82 Å². The summed E-state index contributed by atoms with van der Waals surface area (Å²) in [5, 5.41) is 1.16. The summed E-state index contributed by atoms with van der Waals surface area (Å²) in [4.78, 5) is 11.9. The summed E-state index contributed by atoms with van der Waals surface area (Å²) in [5.74, 6) is -1.12. The number of carbonyl (C=O) groups is 1. The molecule has 0 saturated heterocycles. The highest BCUT2D eigenvalue weighted by Gasteiger charge is 2.30. The third kappa shape index (κ3) is 2.98. The van der Waals surface area contributed by atoms with Gasteiger partial charge in [-0.1, -0.05) is 18.2 Å². The second-order valence-electron chi connectivity index (χ2n) is 6.51. The van der Waals surface area contributed by atoms with Crippen LogP contribution in [0.4, 0.5) is 17.6 Å². The molecule has 0 fully saturated rings. The Labute approximate surface area is 157 Å². The molecule has 0 aliphatic heterocycles. The lowest BCUT2D eigenvalue weighted by Crippen LogP contribution is -2.11. The van der Waals surface area contributed by atoms with E-state index in [2.05, 4.69) is 0 Å². The van der Waals surface area contributed by atoms with Gasteiger partial charge in [0.25, 0.3) is 0 Å². The summed E-state index contributed by atoms with van der Waals surface area (Å²) in [6.07, 6.45) is -4.46. The van der Waals surface area contributed by atoms with Gasteiger partial charge in [0, 0.05) is 22.9 Å².